The summed E-state index contributed by atoms with van der Waals surface area (Å²) in [6.07, 6.45) is 0.838. The maximum atomic E-state index is 12.9. The van der Waals surface area contributed by atoms with Crippen molar-refractivity contribution < 1.29 is 19.1 Å². The number of carbonyl (C=O) groups excluding carboxylic acids is 2. The molecule has 3 heterocycles. The van der Waals surface area contributed by atoms with Crippen LogP contribution in [0.15, 0.2) is 48.5 Å². The number of carbonyl (C=O) groups is 2. The molecule has 0 atom stereocenters. The summed E-state index contributed by atoms with van der Waals surface area (Å²) in [5.41, 5.74) is 2.25. The predicted molar refractivity (Wildman–Crippen MR) is 121 cm³/mol. The lowest BCUT2D eigenvalue weighted by atomic mass is 10.2. The van der Waals surface area contributed by atoms with Gasteiger partial charge in [-0.1, -0.05) is 18.2 Å². The van der Waals surface area contributed by atoms with Crippen LogP contribution in [0.4, 0.5) is 5.69 Å². The number of piperazine rings is 1. The van der Waals surface area contributed by atoms with Crippen LogP contribution in [0.5, 0.6) is 11.5 Å². The van der Waals surface area contributed by atoms with Gasteiger partial charge >= 0.3 is 0 Å². The Morgan fingerprint density at radius 1 is 0.938 bits per heavy atom. The largest absolute Gasteiger partial charge is 0.490 e. The molecule has 0 radical (unpaired) electrons. The number of fused-ring (bicyclic) bond motifs is 2. The zero-order valence-electron chi connectivity index (χ0n) is 17.8. The van der Waals surface area contributed by atoms with Crippen molar-refractivity contribution in [1.29, 1.82) is 0 Å². The summed E-state index contributed by atoms with van der Waals surface area (Å²) in [6.45, 7) is 4.00. The number of anilines is 1. The molecule has 2 aliphatic rings. The van der Waals surface area contributed by atoms with Crippen LogP contribution in [0.2, 0.25) is 0 Å². The van der Waals surface area contributed by atoms with Crippen LogP contribution < -0.4 is 14.8 Å². The maximum absolute atomic E-state index is 12.9. The fraction of sp³-hybridized carbons (Fsp3) is 0.333. The number of rotatable bonds is 4. The normalized spacial score (nSPS) is 16.6. The third kappa shape index (κ3) is 4.40. The molecule has 0 aliphatic carbocycles. The highest BCUT2D eigenvalue weighted by Gasteiger charge is 2.24. The number of hydrogen-bond donors (Lipinski definition) is 2. The van der Waals surface area contributed by atoms with Crippen molar-refractivity contribution in [3.63, 3.8) is 0 Å². The number of nitrogens with zero attached hydrogens (tertiary/aromatic N) is 2. The number of ether oxygens (including phenoxy) is 2. The first-order valence-corrected chi connectivity index (χ1v) is 10.9. The van der Waals surface area contributed by atoms with E-state index in [1.54, 1.807) is 6.07 Å². The molecule has 8 heteroatoms. The van der Waals surface area contributed by atoms with E-state index in [9.17, 15) is 9.59 Å². The first-order chi connectivity index (χ1) is 15.7. The monoisotopic (exact) mass is 434 g/mol. The number of aromatic amines is 1. The van der Waals surface area contributed by atoms with Crippen LogP contribution in [0.3, 0.4) is 0 Å². The summed E-state index contributed by atoms with van der Waals surface area (Å²) in [6, 6.07) is 15.2. The first-order valence-electron chi connectivity index (χ1n) is 10.9. The lowest BCUT2D eigenvalue weighted by Gasteiger charge is -2.34. The Bertz CT molecular complexity index is 1100. The Labute approximate surface area is 186 Å². The summed E-state index contributed by atoms with van der Waals surface area (Å²) in [4.78, 5) is 32.5. The number of nitrogens with one attached hydrogen (secondary N) is 2. The molecule has 3 aromatic rings. The standard InChI is InChI=1S/C24H26N4O4/c29-23(25-18-6-7-21-22(15-18)32-13-3-12-31-21)16-27-8-10-28(11-9-27)24(30)20-14-17-4-1-2-5-19(17)26-20/h1-2,4-7,14-15,26H,3,8-13,16H2,(H,25,29). The molecular weight excluding hydrogens is 408 g/mol. The zero-order chi connectivity index (χ0) is 21.9. The second-order valence-corrected chi connectivity index (χ2v) is 8.10. The van der Waals surface area contributed by atoms with Gasteiger partial charge in [0, 0.05) is 55.3 Å². The van der Waals surface area contributed by atoms with Crippen molar-refractivity contribution in [2.75, 3.05) is 51.3 Å². The van der Waals surface area contributed by atoms with Gasteiger partial charge in [-0.2, -0.15) is 0 Å². The highest BCUT2D eigenvalue weighted by Crippen LogP contribution is 2.32. The fourth-order valence-corrected chi connectivity index (χ4v) is 4.11. The SMILES string of the molecule is O=C(CN1CCN(C(=O)c2cc3ccccc3[nH]2)CC1)Nc1ccc2c(c1)OCCCO2. The number of aromatic nitrogens is 1. The quantitative estimate of drug-likeness (QED) is 0.659. The van der Waals surface area contributed by atoms with E-state index in [1.807, 2.05) is 47.4 Å². The molecule has 2 aliphatic heterocycles. The molecule has 1 saturated heterocycles. The van der Waals surface area contributed by atoms with E-state index in [0.717, 1.165) is 17.3 Å². The van der Waals surface area contributed by atoms with Gasteiger partial charge in [0.2, 0.25) is 5.91 Å². The molecule has 2 N–H and O–H groups in total. The molecule has 2 aromatic carbocycles. The van der Waals surface area contributed by atoms with Crippen LogP contribution in [0, 0.1) is 0 Å². The van der Waals surface area contributed by atoms with Crippen LogP contribution >= 0.6 is 0 Å². The molecule has 8 nitrogen and oxygen atoms in total. The van der Waals surface area contributed by atoms with Crippen molar-refractivity contribution in [3.8, 4) is 11.5 Å². The van der Waals surface area contributed by atoms with Crippen LogP contribution in [0.25, 0.3) is 10.9 Å². The summed E-state index contributed by atoms with van der Waals surface area (Å²) in [7, 11) is 0. The first kappa shape index (κ1) is 20.4. The lowest BCUT2D eigenvalue weighted by Crippen LogP contribution is -2.50. The van der Waals surface area contributed by atoms with Gasteiger partial charge in [0.15, 0.2) is 11.5 Å². The van der Waals surface area contributed by atoms with Gasteiger partial charge in [-0.3, -0.25) is 14.5 Å². The number of amides is 2. The Balaban J connectivity index is 1.13. The molecule has 1 fully saturated rings. The van der Waals surface area contributed by atoms with Crippen molar-refractivity contribution in [1.82, 2.24) is 14.8 Å². The van der Waals surface area contributed by atoms with Gasteiger partial charge in [-0.25, -0.2) is 0 Å². The summed E-state index contributed by atoms with van der Waals surface area (Å²) >= 11 is 0. The number of para-hydroxylation sites is 1. The molecule has 0 unspecified atom stereocenters. The fourth-order valence-electron chi connectivity index (χ4n) is 4.11. The third-order valence-corrected chi connectivity index (χ3v) is 5.82. The second-order valence-electron chi connectivity index (χ2n) is 8.10. The van der Waals surface area contributed by atoms with Gasteiger partial charge in [0.1, 0.15) is 5.69 Å². The van der Waals surface area contributed by atoms with E-state index >= 15 is 0 Å². The minimum atomic E-state index is -0.0881. The van der Waals surface area contributed by atoms with Crippen molar-refractivity contribution in [3.05, 3.63) is 54.2 Å². The van der Waals surface area contributed by atoms with Gasteiger partial charge in [-0.05, 0) is 24.3 Å². The molecule has 0 saturated carbocycles. The van der Waals surface area contributed by atoms with Gasteiger partial charge < -0.3 is 24.7 Å². The Hall–Kier alpha value is -3.52. The van der Waals surface area contributed by atoms with Crippen LogP contribution in [-0.4, -0.2) is 72.5 Å². The zero-order valence-corrected chi connectivity index (χ0v) is 17.8. The minimum absolute atomic E-state index is 0.00232. The number of hydrogen-bond acceptors (Lipinski definition) is 5. The minimum Gasteiger partial charge on any atom is -0.490 e. The van der Waals surface area contributed by atoms with Crippen LogP contribution in [0.1, 0.15) is 16.9 Å². The van der Waals surface area contributed by atoms with E-state index in [4.69, 9.17) is 9.47 Å². The summed E-state index contributed by atoms with van der Waals surface area (Å²) in [5.74, 6) is 1.27. The van der Waals surface area contributed by atoms with E-state index in [1.165, 1.54) is 0 Å². The molecule has 0 bridgehead atoms. The number of benzene rings is 2. The highest BCUT2D eigenvalue weighted by molar-refractivity contribution is 5.98. The van der Waals surface area contributed by atoms with Crippen LogP contribution in [-0.2, 0) is 4.79 Å². The maximum Gasteiger partial charge on any atom is 0.270 e. The Kier molecular flexibility index (Phi) is 5.68. The van der Waals surface area contributed by atoms with E-state index in [0.29, 0.717) is 62.3 Å². The smallest absolute Gasteiger partial charge is 0.270 e. The highest BCUT2D eigenvalue weighted by atomic mass is 16.5. The molecular formula is C24H26N4O4. The van der Waals surface area contributed by atoms with Gasteiger partial charge in [0.25, 0.3) is 5.91 Å². The predicted octanol–water partition coefficient (Wildman–Crippen LogP) is 2.73. The molecule has 2 amide bonds. The molecule has 166 valence electrons. The van der Waals surface area contributed by atoms with Crippen molar-refractivity contribution in [2.45, 2.75) is 6.42 Å². The lowest BCUT2D eigenvalue weighted by molar-refractivity contribution is -0.117. The average Bonchev–Trinajstić information content (AvgIpc) is 3.11. The Morgan fingerprint density at radius 3 is 2.53 bits per heavy atom. The van der Waals surface area contributed by atoms with E-state index in [2.05, 4.69) is 15.2 Å². The van der Waals surface area contributed by atoms with Crippen molar-refractivity contribution >= 4 is 28.4 Å². The number of H-pyrrole nitrogens is 1. The topological polar surface area (TPSA) is 86.9 Å². The Morgan fingerprint density at radius 2 is 1.72 bits per heavy atom. The van der Waals surface area contributed by atoms with E-state index in [-0.39, 0.29) is 18.4 Å². The van der Waals surface area contributed by atoms with Crippen molar-refractivity contribution in [2.24, 2.45) is 0 Å². The summed E-state index contributed by atoms with van der Waals surface area (Å²) < 4.78 is 11.3. The molecule has 1 aromatic heterocycles. The third-order valence-electron chi connectivity index (χ3n) is 5.82. The van der Waals surface area contributed by atoms with Gasteiger partial charge in [0.05, 0.1) is 19.8 Å². The molecule has 5 rings (SSSR count). The summed E-state index contributed by atoms with van der Waals surface area (Å²) in [5, 5.41) is 3.96. The second kappa shape index (κ2) is 8.92. The molecule has 32 heavy (non-hydrogen) atoms. The van der Waals surface area contributed by atoms with E-state index < -0.39 is 0 Å². The molecule has 0 spiro atoms. The average molecular weight is 434 g/mol. The van der Waals surface area contributed by atoms with Gasteiger partial charge in [-0.15, -0.1) is 0 Å².